The number of amides is 1. The van der Waals surface area contributed by atoms with Crippen molar-refractivity contribution in [3.05, 3.63) is 59.2 Å². The number of nitrogens with zero attached hydrogens (tertiary/aromatic N) is 2. The quantitative estimate of drug-likeness (QED) is 0.917. The van der Waals surface area contributed by atoms with Crippen LogP contribution in [0.5, 0.6) is 0 Å². The van der Waals surface area contributed by atoms with E-state index in [2.05, 4.69) is 33.5 Å². The lowest BCUT2D eigenvalue weighted by molar-refractivity contribution is 0.0934. The average molecular weight is 255 g/mol. The van der Waals surface area contributed by atoms with Gasteiger partial charge in [0.15, 0.2) is 0 Å². The molecule has 1 N–H and O–H groups in total. The lowest BCUT2D eigenvalue weighted by atomic mass is 10.00. The maximum absolute atomic E-state index is 12.0. The fourth-order valence-corrected chi connectivity index (χ4v) is 1.99. The van der Waals surface area contributed by atoms with E-state index in [-0.39, 0.29) is 11.9 Å². The summed E-state index contributed by atoms with van der Waals surface area (Å²) in [5.41, 5.74) is 3.80. The Morgan fingerprint density at radius 3 is 2.74 bits per heavy atom. The number of benzene rings is 1. The summed E-state index contributed by atoms with van der Waals surface area (Å²) in [6.45, 7) is 6.05. The fraction of sp³-hybridized carbons (Fsp3) is 0.267. The van der Waals surface area contributed by atoms with Gasteiger partial charge in [0.05, 0.1) is 12.2 Å². The Morgan fingerprint density at radius 2 is 2.05 bits per heavy atom. The highest BCUT2D eigenvalue weighted by atomic mass is 16.1. The third kappa shape index (κ3) is 3.16. The standard InChI is InChI=1S/C15H17N3O/c1-10-4-5-11(2)13(8-10)12(3)18-15(19)14-9-16-6-7-17-14/h4-9,12H,1-3H3,(H,18,19). The maximum atomic E-state index is 12.0. The van der Waals surface area contributed by atoms with Gasteiger partial charge in [-0.15, -0.1) is 0 Å². The van der Waals surface area contributed by atoms with Crippen molar-refractivity contribution in [3.63, 3.8) is 0 Å². The Balaban J connectivity index is 2.15. The van der Waals surface area contributed by atoms with Gasteiger partial charge in [0.25, 0.3) is 5.91 Å². The largest absolute Gasteiger partial charge is 0.344 e. The predicted octanol–water partition coefficient (Wildman–Crippen LogP) is 2.58. The van der Waals surface area contributed by atoms with Crippen molar-refractivity contribution in [3.8, 4) is 0 Å². The molecule has 1 heterocycles. The van der Waals surface area contributed by atoms with Crippen LogP contribution in [0.25, 0.3) is 0 Å². The second-order valence-electron chi connectivity index (χ2n) is 4.65. The van der Waals surface area contributed by atoms with E-state index >= 15 is 0 Å². The first-order chi connectivity index (χ1) is 9.08. The minimum atomic E-state index is -0.207. The summed E-state index contributed by atoms with van der Waals surface area (Å²) in [7, 11) is 0. The van der Waals surface area contributed by atoms with Crippen molar-refractivity contribution in [1.29, 1.82) is 0 Å². The summed E-state index contributed by atoms with van der Waals surface area (Å²) >= 11 is 0. The zero-order valence-corrected chi connectivity index (χ0v) is 11.3. The molecular weight excluding hydrogens is 238 g/mol. The maximum Gasteiger partial charge on any atom is 0.271 e. The predicted molar refractivity (Wildman–Crippen MR) is 73.8 cm³/mol. The van der Waals surface area contributed by atoms with Crippen LogP contribution in [0.2, 0.25) is 0 Å². The van der Waals surface area contributed by atoms with E-state index in [0.29, 0.717) is 5.69 Å². The van der Waals surface area contributed by atoms with E-state index in [0.717, 1.165) is 11.1 Å². The highest BCUT2D eigenvalue weighted by Crippen LogP contribution is 2.19. The molecule has 4 nitrogen and oxygen atoms in total. The number of nitrogens with one attached hydrogen (secondary N) is 1. The normalized spacial score (nSPS) is 11.9. The molecule has 1 atom stereocenters. The molecule has 19 heavy (non-hydrogen) atoms. The number of rotatable bonds is 3. The SMILES string of the molecule is Cc1ccc(C)c(C(C)NC(=O)c2cnccn2)c1. The highest BCUT2D eigenvalue weighted by Gasteiger charge is 2.14. The molecule has 1 aromatic heterocycles. The van der Waals surface area contributed by atoms with Crippen molar-refractivity contribution in [2.45, 2.75) is 26.8 Å². The van der Waals surface area contributed by atoms with E-state index in [1.54, 1.807) is 6.20 Å². The molecule has 0 fully saturated rings. The van der Waals surface area contributed by atoms with Crippen molar-refractivity contribution in [2.75, 3.05) is 0 Å². The minimum Gasteiger partial charge on any atom is -0.344 e. The summed E-state index contributed by atoms with van der Waals surface area (Å²) in [5, 5.41) is 2.94. The van der Waals surface area contributed by atoms with Crippen LogP contribution in [0, 0.1) is 13.8 Å². The summed E-state index contributed by atoms with van der Waals surface area (Å²) in [4.78, 5) is 19.9. The van der Waals surface area contributed by atoms with Gasteiger partial charge in [-0.3, -0.25) is 9.78 Å². The van der Waals surface area contributed by atoms with Crippen LogP contribution in [-0.4, -0.2) is 15.9 Å². The molecule has 0 bridgehead atoms. The Morgan fingerprint density at radius 1 is 1.26 bits per heavy atom. The summed E-state index contributed by atoms with van der Waals surface area (Å²) in [6.07, 6.45) is 4.52. The number of aromatic nitrogens is 2. The van der Waals surface area contributed by atoms with Gasteiger partial charge in [-0.25, -0.2) is 4.98 Å². The Kier molecular flexibility index (Phi) is 3.90. The van der Waals surface area contributed by atoms with E-state index in [4.69, 9.17) is 0 Å². The van der Waals surface area contributed by atoms with Gasteiger partial charge in [0.1, 0.15) is 5.69 Å². The van der Waals surface area contributed by atoms with Crippen LogP contribution in [0.15, 0.2) is 36.8 Å². The molecule has 4 heteroatoms. The molecule has 2 rings (SSSR count). The monoisotopic (exact) mass is 255 g/mol. The van der Waals surface area contributed by atoms with Crippen molar-refractivity contribution < 1.29 is 4.79 Å². The van der Waals surface area contributed by atoms with Gasteiger partial charge >= 0.3 is 0 Å². The number of aryl methyl sites for hydroxylation is 2. The number of carbonyl (C=O) groups excluding carboxylic acids is 1. The molecule has 2 aromatic rings. The summed E-state index contributed by atoms with van der Waals surface area (Å²) in [6, 6.07) is 6.16. The van der Waals surface area contributed by atoms with Crippen LogP contribution in [0.1, 0.15) is 40.1 Å². The molecule has 0 saturated carbocycles. The number of hydrogen-bond donors (Lipinski definition) is 1. The molecular formula is C15H17N3O. The number of carbonyl (C=O) groups is 1. The van der Waals surface area contributed by atoms with Crippen molar-refractivity contribution in [1.82, 2.24) is 15.3 Å². The smallest absolute Gasteiger partial charge is 0.271 e. The second-order valence-corrected chi connectivity index (χ2v) is 4.65. The van der Waals surface area contributed by atoms with E-state index < -0.39 is 0 Å². The molecule has 1 unspecified atom stereocenters. The molecule has 98 valence electrons. The van der Waals surface area contributed by atoms with Crippen LogP contribution >= 0.6 is 0 Å². The molecule has 1 amide bonds. The Hall–Kier alpha value is -2.23. The molecule has 0 aliphatic heterocycles. The lowest BCUT2D eigenvalue weighted by Gasteiger charge is -2.17. The first-order valence-corrected chi connectivity index (χ1v) is 6.22. The van der Waals surface area contributed by atoms with E-state index in [9.17, 15) is 4.79 Å². The third-order valence-electron chi connectivity index (χ3n) is 3.04. The summed E-state index contributed by atoms with van der Waals surface area (Å²) < 4.78 is 0. The van der Waals surface area contributed by atoms with Gasteiger partial charge in [-0.05, 0) is 31.9 Å². The molecule has 0 radical (unpaired) electrons. The van der Waals surface area contributed by atoms with Gasteiger partial charge in [-0.2, -0.15) is 0 Å². The lowest BCUT2D eigenvalue weighted by Crippen LogP contribution is -2.28. The Labute approximate surface area is 112 Å². The zero-order chi connectivity index (χ0) is 13.8. The zero-order valence-electron chi connectivity index (χ0n) is 11.3. The first-order valence-electron chi connectivity index (χ1n) is 6.22. The topological polar surface area (TPSA) is 54.9 Å². The Bertz CT molecular complexity index is 581. The van der Waals surface area contributed by atoms with Gasteiger partial charge in [0.2, 0.25) is 0 Å². The van der Waals surface area contributed by atoms with Crippen molar-refractivity contribution in [2.24, 2.45) is 0 Å². The third-order valence-corrected chi connectivity index (χ3v) is 3.04. The molecule has 0 aliphatic carbocycles. The fourth-order valence-electron chi connectivity index (χ4n) is 1.99. The minimum absolute atomic E-state index is 0.0607. The van der Waals surface area contributed by atoms with Crippen LogP contribution < -0.4 is 5.32 Å². The summed E-state index contributed by atoms with van der Waals surface area (Å²) in [5.74, 6) is -0.207. The van der Waals surface area contributed by atoms with E-state index in [1.807, 2.05) is 20.8 Å². The van der Waals surface area contributed by atoms with Crippen LogP contribution in [-0.2, 0) is 0 Å². The van der Waals surface area contributed by atoms with E-state index in [1.165, 1.54) is 18.0 Å². The highest BCUT2D eigenvalue weighted by molar-refractivity contribution is 5.92. The molecule has 1 aromatic carbocycles. The number of hydrogen-bond acceptors (Lipinski definition) is 3. The van der Waals surface area contributed by atoms with Crippen LogP contribution in [0.3, 0.4) is 0 Å². The van der Waals surface area contributed by atoms with Gasteiger partial charge in [-0.1, -0.05) is 23.8 Å². The average Bonchev–Trinajstić information content (AvgIpc) is 2.42. The van der Waals surface area contributed by atoms with Crippen LogP contribution in [0.4, 0.5) is 0 Å². The first kappa shape index (κ1) is 13.2. The van der Waals surface area contributed by atoms with Gasteiger partial charge < -0.3 is 5.32 Å². The second kappa shape index (κ2) is 5.61. The molecule has 0 saturated heterocycles. The molecule has 0 spiro atoms. The van der Waals surface area contributed by atoms with Crippen molar-refractivity contribution >= 4 is 5.91 Å². The van der Waals surface area contributed by atoms with Gasteiger partial charge in [0, 0.05) is 12.4 Å². The molecule has 0 aliphatic rings.